The smallest absolute Gasteiger partial charge is 0.359 e. The van der Waals surface area contributed by atoms with Crippen molar-refractivity contribution < 1.29 is 14.5 Å². The largest absolute Gasteiger partial charge is 0.461 e. The first-order chi connectivity index (χ1) is 9.95. The van der Waals surface area contributed by atoms with Crippen LogP contribution in [0.4, 0.5) is 11.5 Å². The summed E-state index contributed by atoms with van der Waals surface area (Å²) in [7, 11) is 0. The maximum Gasteiger partial charge on any atom is 0.359 e. The minimum Gasteiger partial charge on any atom is -0.461 e. The second-order valence-electron chi connectivity index (χ2n) is 4.26. The molecule has 1 heterocycles. The van der Waals surface area contributed by atoms with E-state index in [4.69, 9.17) is 10.5 Å². The first kappa shape index (κ1) is 14.5. The standard InChI is InChI=1S/C13H14N4O4/c1-3-21-13(18)11-8(2)12(14)16(15-11)9-4-6-10(7-5-9)17(19)20/h4-7H,3,14H2,1-2H3. The lowest BCUT2D eigenvalue weighted by atomic mass is 10.2. The lowest BCUT2D eigenvalue weighted by Gasteiger charge is -2.03. The van der Waals surface area contributed by atoms with Gasteiger partial charge >= 0.3 is 5.97 Å². The maximum atomic E-state index is 11.8. The molecule has 0 aliphatic heterocycles. The van der Waals surface area contributed by atoms with E-state index in [-0.39, 0.29) is 23.8 Å². The number of aromatic nitrogens is 2. The maximum absolute atomic E-state index is 11.8. The van der Waals surface area contributed by atoms with Crippen LogP contribution in [-0.4, -0.2) is 27.3 Å². The van der Waals surface area contributed by atoms with Crippen molar-refractivity contribution in [2.75, 3.05) is 12.3 Å². The minimum absolute atomic E-state index is 0.0354. The quantitative estimate of drug-likeness (QED) is 0.522. The molecule has 0 saturated heterocycles. The predicted octanol–water partition coefficient (Wildman–Crippen LogP) is 1.85. The highest BCUT2D eigenvalue weighted by Gasteiger charge is 2.20. The third-order valence-corrected chi connectivity index (χ3v) is 2.94. The summed E-state index contributed by atoms with van der Waals surface area (Å²) in [6, 6.07) is 5.71. The summed E-state index contributed by atoms with van der Waals surface area (Å²) < 4.78 is 6.26. The number of esters is 1. The van der Waals surface area contributed by atoms with Gasteiger partial charge in [0.2, 0.25) is 0 Å². The number of hydrogen-bond acceptors (Lipinski definition) is 6. The van der Waals surface area contributed by atoms with E-state index in [0.29, 0.717) is 11.3 Å². The second kappa shape index (κ2) is 5.61. The molecule has 2 aromatic rings. The molecule has 21 heavy (non-hydrogen) atoms. The number of non-ortho nitro benzene ring substituents is 1. The molecule has 2 N–H and O–H groups in total. The van der Waals surface area contributed by atoms with Crippen LogP contribution in [0.25, 0.3) is 5.69 Å². The molecule has 8 nitrogen and oxygen atoms in total. The van der Waals surface area contributed by atoms with Crippen molar-refractivity contribution in [1.82, 2.24) is 9.78 Å². The molecule has 0 unspecified atom stereocenters. The van der Waals surface area contributed by atoms with Gasteiger partial charge in [-0.05, 0) is 26.0 Å². The Morgan fingerprint density at radius 2 is 2.05 bits per heavy atom. The van der Waals surface area contributed by atoms with Gasteiger partial charge < -0.3 is 10.5 Å². The Bertz CT molecular complexity index is 691. The van der Waals surface area contributed by atoms with Gasteiger partial charge in [0.15, 0.2) is 5.69 Å². The number of nitro groups is 1. The number of benzene rings is 1. The van der Waals surface area contributed by atoms with Crippen molar-refractivity contribution in [2.45, 2.75) is 13.8 Å². The zero-order valence-corrected chi connectivity index (χ0v) is 11.6. The van der Waals surface area contributed by atoms with E-state index in [2.05, 4.69) is 5.10 Å². The Morgan fingerprint density at radius 3 is 2.57 bits per heavy atom. The fourth-order valence-corrected chi connectivity index (χ4v) is 1.81. The van der Waals surface area contributed by atoms with E-state index < -0.39 is 10.9 Å². The SMILES string of the molecule is CCOC(=O)c1nn(-c2ccc([N+](=O)[O-])cc2)c(N)c1C. The molecular weight excluding hydrogens is 276 g/mol. The van der Waals surface area contributed by atoms with Gasteiger partial charge in [-0.1, -0.05) is 0 Å². The summed E-state index contributed by atoms with van der Waals surface area (Å²) in [5.74, 6) is -0.269. The molecule has 8 heteroatoms. The van der Waals surface area contributed by atoms with Crippen LogP contribution in [0.2, 0.25) is 0 Å². The van der Waals surface area contributed by atoms with Crippen LogP contribution in [0.5, 0.6) is 0 Å². The molecule has 0 fully saturated rings. The summed E-state index contributed by atoms with van der Waals surface area (Å²) in [6.45, 7) is 3.60. The summed E-state index contributed by atoms with van der Waals surface area (Å²) >= 11 is 0. The van der Waals surface area contributed by atoms with Crippen molar-refractivity contribution in [3.63, 3.8) is 0 Å². The third kappa shape index (κ3) is 2.69. The number of nitrogens with zero attached hydrogens (tertiary/aromatic N) is 3. The average Bonchev–Trinajstić information content (AvgIpc) is 2.76. The fraction of sp³-hybridized carbons (Fsp3) is 0.231. The van der Waals surface area contributed by atoms with Crippen LogP contribution in [0.3, 0.4) is 0 Å². The molecule has 0 amide bonds. The monoisotopic (exact) mass is 290 g/mol. The number of nitrogen functional groups attached to an aromatic ring is 1. The number of rotatable bonds is 4. The van der Waals surface area contributed by atoms with Gasteiger partial charge in [-0.2, -0.15) is 5.10 Å². The highest BCUT2D eigenvalue weighted by molar-refractivity contribution is 5.90. The van der Waals surface area contributed by atoms with E-state index in [0.717, 1.165) is 0 Å². The van der Waals surface area contributed by atoms with E-state index in [9.17, 15) is 14.9 Å². The van der Waals surface area contributed by atoms with Gasteiger partial charge in [-0.3, -0.25) is 10.1 Å². The molecule has 1 aromatic heterocycles. The van der Waals surface area contributed by atoms with Crippen molar-refractivity contribution >= 4 is 17.5 Å². The molecule has 1 aromatic carbocycles. The van der Waals surface area contributed by atoms with Crippen LogP contribution in [-0.2, 0) is 4.74 Å². The van der Waals surface area contributed by atoms with Gasteiger partial charge in [-0.15, -0.1) is 0 Å². The second-order valence-corrected chi connectivity index (χ2v) is 4.26. The van der Waals surface area contributed by atoms with Crippen LogP contribution >= 0.6 is 0 Å². The molecule has 0 saturated carbocycles. The molecule has 0 spiro atoms. The molecule has 0 bridgehead atoms. The van der Waals surface area contributed by atoms with Gasteiger partial charge in [0.1, 0.15) is 5.82 Å². The van der Waals surface area contributed by atoms with Crippen molar-refractivity contribution in [3.05, 3.63) is 45.6 Å². The Kier molecular flexibility index (Phi) is 3.88. The van der Waals surface area contributed by atoms with Gasteiger partial charge in [-0.25, -0.2) is 9.48 Å². The minimum atomic E-state index is -0.553. The zero-order chi connectivity index (χ0) is 15.6. The summed E-state index contributed by atoms with van der Waals surface area (Å²) in [4.78, 5) is 21.9. The summed E-state index contributed by atoms with van der Waals surface area (Å²) in [5.41, 5.74) is 7.05. The van der Waals surface area contributed by atoms with Crippen LogP contribution in [0, 0.1) is 17.0 Å². The number of carbonyl (C=O) groups excluding carboxylic acids is 1. The first-order valence-electron chi connectivity index (χ1n) is 6.22. The predicted molar refractivity (Wildman–Crippen MR) is 75.3 cm³/mol. The number of nitro benzene ring substituents is 1. The molecular formula is C13H14N4O4. The molecule has 0 radical (unpaired) electrons. The third-order valence-electron chi connectivity index (χ3n) is 2.94. The van der Waals surface area contributed by atoms with Crippen LogP contribution in [0.15, 0.2) is 24.3 Å². The normalized spacial score (nSPS) is 10.4. The van der Waals surface area contributed by atoms with Crippen molar-refractivity contribution in [3.8, 4) is 5.69 Å². The van der Waals surface area contributed by atoms with Gasteiger partial charge in [0.05, 0.1) is 17.2 Å². The molecule has 0 aliphatic rings. The van der Waals surface area contributed by atoms with Crippen molar-refractivity contribution in [1.29, 1.82) is 0 Å². The fourth-order valence-electron chi connectivity index (χ4n) is 1.81. The molecule has 0 atom stereocenters. The number of nitrogens with two attached hydrogens (primary N) is 1. The molecule has 2 rings (SSSR count). The van der Waals surface area contributed by atoms with Crippen LogP contribution in [0.1, 0.15) is 23.0 Å². The first-order valence-corrected chi connectivity index (χ1v) is 6.22. The number of carbonyl (C=O) groups is 1. The Labute approximate surface area is 120 Å². The highest BCUT2D eigenvalue weighted by Crippen LogP contribution is 2.22. The molecule has 110 valence electrons. The number of anilines is 1. The average molecular weight is 290 g/mol. The summed E-state index contributed by atoms with van der Waals surface area (Å²) in [5, 5.41) is 14.8. The zero-order valence-electron chi connectivity index (χ0n) is 11.6. The number of ether oxygens (including phenoxy) is 1. The molecule has 0 aliphatic carbocycles. The lowest BCUT2D eigenvalue weighted by molar-refractivity contribution is -0.384. The number of hydrogen-bond donors (Lipinski definition) is 1. The Morgan fingerprint density at radius 1 is 1.43 bits per heavy atom. The van der Waals surface area contributed by atoms with Crippen molar-refractivity contribution in [2.24, 2.45) is 0 Å². The van der Waals surface area contributed by atoms with E-state index >= 15 is 0 Å². The van der Waals surface area contributed by atoms with Gasteiger partial charge in [0.25, 0.3) is 5.69 Å². The van der Waals surface area contributed by atoms with Crippen LogP contribution < -0.4 is 5.73 Å². The van der Waals surface area contributed by atoms with E-state index in [1.807, 2.05) is 0 Å². The van der Waals surface area contributed by atoms with Gasteiger partial charge in [0, 0.05) is 17.7 Å². The summed E-state index contributed by atoms with van der Waals surface area (Å²) in [6.07, 6.45) is 0. The highest BCUT2D eigenvalue weighted by atomic mass is 16.6. The van der Waals surface area contributed by atoms with E-state index in [1.54, 1.807) is 13.8 Å². The Balaban J connectivity index is 2.42. The topological polar surface area (TPSA) is 113 Å². The Hall–Kier alpha value is -2.90. The van der Waals surface area contributed by atoms with E-state index in [1.165, 1.54) is 28.9 Å². The lowest BCUT2D eigenvalue weighted by Crippen LogP contribution is -2.07.